The number of nitrogens with zero attached hydrogens (tertiary/aromatic N) is 3. The number of rotatable bonds is 9. The standard InChI is InChI=1S/C36H36ClN5O3/c1-40-18-20-42(21-19-40)23-33(43)41(2)29-13-11-28(12-14-29)38-35(34-31-17-10-27(37)22-32(31)39-36(34)44)26-8-15-30(16-9-26)45-24-25-6-4-3-5-7-25/h3-17,22,38H,18-21,23-24H2,1-2H3,(H,39,44)/b35-34-. The number of fused-ring (bicyclic) bond motifs is 1. The number of amides is 2. The third-order valence-electron chi connectivity index (χ3n) is 8.22. The molecule has 0 atom stereocenters. The van der Waals surface area contributed by atoms with Gasteiger partial charge in [0.25, 0.3) is 5.91 Å². The van der Waals surface area contributed by atoms with Crippen molar-refractivity contribution in [3.8, 4) is 5.75 Å². The highest BCUT2D eigenvalue weighted by Crippen LogP contribution is 2.39. The molecular weight excluding hydrogens is 586 g/mol. The average molecular weight is 622 g/mol. The maximum Gasteiger partial charge on any atom is 0.258 e. The lowest BCUT2D eigenvalue weighted by Crippen LogP contribution is -2.48. The fourth-order valence-corrected chi connectivity index (χ4v) is 5.66. The SMILES string of the molecule is CN1CCN(CC(=O)N(C)c2ccc(N/C(=C3\C(=O)Nc4cc(Cl)ccc43)c3ccc(OCc4ccccc4)cc3)cc2)CC1. The zero-order chi connectivity index (χ0) is 31.3. The molecule has 4 aromatic carbocycles. The summed E-state index contributed by atoms with van der Waals surface area (Å²) < 4.78 is 6.00. The predicted octanol–water partition coefficient (Wildman–Crippen LogP) is 6.06. The topological polar surface area (TPSA) is 77.2 Å². The second-order valence-electron chi connectivity index (χ2n) is 11.4. The summed E-state index contributed by atoms with van der Waals surface area (Å²) in [5.41, 5.74) is 6.08. The van der Waals surface area contributed by atoms with Crippen LogP contribution in [0.1, 0.15) is 16.7 Å². The molecule has 2 aliphatic rings. The Hall–Kier alpha value is -4.63. The Bertz CT molecular complexity index is 1700. The molecule has 4 aromatic rings. The maximum atomic E-state index is 13.3. The van der Waals surface area contributed by atoms with Crippen molar-refractivity contribution in [3.63, 3.8) is 0 Å². The summed E-state index contributed by atoms with van der Waals surface area (Å²) in [6, 6.07) is 30.7. The Morgan fingerprint density at radius 2 is 1.64 bits per heavy atom. The van der Waals surface area contributed by atoms with Gasteiger partial charge in [0.05, 0.1) is 23.5 Å². The first-order valence-corrected chi connectivity index (χ1v) is 15.4. The average Bonchev–Trinajstić information content (AvgIpc) is 3.38. The maximum absolute atomic E-state index is 13.3. The Kier molecular flexibility index (Phi) is 9.16. The molecule has 45 heavy (non-hydrogen) atoms. The summed E-state index contributed by atoms with van der Waals surface area (Å²) in [6.07, 6.45) is 0. The van der Waals surface area contributed by atoms with E-state index in [2.05, 4.69) is 27.5 Å². The summed E-state index contributed by atoms with van der Waals surface area (Å²) in [5.74, 6) is 0.559. The summed E-state index contributed by atoms with van der Waals surface area (Å²) in [5, 5.41) is 6.99. The minimum atomic E-state index is -0.218. The van der Waals surface area contributed by atoms with Gasteiger partial charge < -0.3 is 25.2 Å². The minimum absolute atomic E-state index is 0.0514. The van der Waals surface area contributed by atoms with Crippen molar-refractivity contribution in [1.29, 1.82) is 0 Å². The number of halogens is 1. The van der Waals surface area contributed by atoms with Gasteiger partial charge in [-0.05, 0) is 78.8 Å². The predicted molar refractivity (Wildman–Crippen MR) is 182 cm³/mol. The van der Waals surface area contributed by atoms with Crippen molar-refractivity contribution in [2.75, 3.05) is 62.4 Å². The van der Waals surface area contributed by atoms with Gasteiger partial charge in [-0.3, -0.25) is 14.5 Å². The van der Waals surface area contributed by atoms with E-state index in [0.717, 1.165) is 60.0 Å². The van der Waals surface area contributed by atoms with Crippen LogP contribution in [0.15, 0.2) is 97.1 Å². The van der Waals surface area contributed by atoms with Gasteiger partial charge in [0.15, 0.2) is 0 Å². The number of anilines is 3. The quantitative estimate of drug-likeness (QED) is 0.221. The molecule has 8 nitrogen and oxygen atoms in total. The van der Waals surface area contributed by atoms with Crippen LogP contribution in [0.3, 0.4) is 0 Å². The number of piperazine rings is 1. The molecule has 2 heterocycles. The monoisotopic (exact) mass is 621 g/mol. The van der Waals surface area contributed by atoms with E-state index in [4.69, 9.17) is 16.3 Å². The molecule has 9 heteroatoms. The van der Waals surface area contributed by atoms with Crippen LogP contribution in [0.2, 0.25) is 5.02 Å². The molecule has 0 bridgehead atoms. The van der Waals surface area contributed by atoms with Gasteiger partial charge >= 0.3 is 0 Å². The second kappa shape index (κ2) is 13.6. The number of nitrogens with one attached hydrogen (secondary N) is 2. The van der Waals surface area contributed by atoms with Crippen molar-refractivity contribution in [2.45, 2.75) is 6.61 Å². The van der Waals surface area contributed by atoms with E-state index in [0.29, 0.717) is 35.1 Å². The van der Waals surface area contributed by atoms with Crippen molar-refractivity contribution in [1.82, 2.24) is 9.80 Å². The van der Waals surface area contributed by atoms with Gasteiger partial charge in [-0.25, -0.2) is 0 Å². The van der Waals surface area contributed by atoms with Crippen molar-refractivity contribution < 1.29 is 14.3 Å². The number of hydrogen-bond acceptors (Lipinski definition) is 6. The summed E-state index contributed by atoms with van der Waals surface area (Å²) >= 11 is 6.23. The fraction of sp³-hybridized carbons (Fsp3) is 0.222. The fourth-order valence-electron chi connectivity index (χ4n) is 5.49. The number of benzene rings is 4. The normalized spacial score (nSPS) is 16.1. The van der Waals surface area contributed by atoms with E-state index in [1.807, 2.05) is 84.9 Å². The van der Waals surface area contributed by atoms with Gasteiger partial charge in [0.1, 0.15) is 12.4 Å². The summed E-state index contributed by atoms with van der Waals surface area (Å²) in [4.78, 5) is 32.5. The first kappa shape index (κ1) is 30.4. The molecule has 0 saturated carbocycles. The van der Waals surface area contributed by atoms with Crippen LogP contribution in [0.5, 0.6) is 5.75 Å². The zero-order valence-corrected chi connectivity index (χ0v) is 26.2. The lowest BCUT2D eigenvalue weighted by molar-refractivity contribution is -0.119. The molecule has 2 aliphatic heterocycles. The number of carbonyl (C=O) groups is 2. The van der Waals surface area contributed by atoms with E-state index >= 15 is 0 Å². The Morgan fingerprint density at radius 1 is 0.933 bits per heavy atom. The lowest BCUT2D eigenvalue weighted by atomic mass is 10.00. The highest BCUT2D eigenvalue weighted by molar-refractivity contribution is 6.38. The van der Waals surface area contributed by atoms with E-state index in [-0.39, 0.29) is 11.8 Å². The molecule has 1 saturated heterocycles. The summed E-state index contributed by atoms with van der Waals surface area (Å²) in [7, 11) is 3.91. The minimum Gasteiger partial charge on any atom is -0.489 e. The molecule has 2 N–H and O–H groups in total. The van der Waals surface area contributed by atoms with Crippen LogP contribution in [0, 0.1) is 0 Å². The van der Waals surface area contributed by atoms with Crippen LogP contribution < -0.4 is 20.3 Å². The lowest BCUT2D eigenvalue weighted by Gasteiger charge is -2.32. The number of ether oxygens (including phenoxy) is 1. The molecular formula is C36H36ClN5O3. The van der Waals surface area contributed by atoms with Crippen molar-refractivity contribution in [2.24, 2.45) is 0 Å². The van der Waals surface area contributed by atoms with Crippen LogP contribution in [-0.2, 0) is 16.2 Å². The third-order valence-corrected chi connectivity index (χ3v) is 8.46. The Morgan fingerprint density at radius 3 is 2.36 bits per heavy atom. The number of carbonyl (C=O) groups excluding carboxylic acids is 2. The molecule has 2 amide bonds. The van der Waals surface area contributed by atoms with Gasteiger partial charge in [-0.2, -0.15) is 0 Å². The zero-order valence-electron chi connectivity index (χ0n) is 25.4. The molecule has 0 radical (unpaired) electrons. The van der Waals surface area contributed by atoms with E-state index in [1.54, 1.807) is 24.1 Å². The van der Waals surface area contributed by atoms with Crippen LogP contribution in [-0.4, -0.2) is 68.4 Å². The van der Waals surface area contributed by atoms with E-state index in [9.17, 15) is 9.59 Å². The molecule has 230 valence electrons. The van der Waals surface area contributed by atoms with Crippen LogP contribution in [0.4, 0.5) is 17.1 Å². The smallest absolute Gasteiger partial charge is 0.258 e. The highest BCUT2D eigenvalue weighted by atomic mass is 35.5. The third kappa shape index (κ3) is 7.20. The van der Waals surface area contributed by atoms with Crippen LogP contribution in [0.25, 0.3) is 11.3 Å². The van der Waals surface area contributed by atoms with Gasteiger partial charge in [-0.1, -0.05) is 48.0 Å². The number of likely N-dealkylation sites (N-methyl/N-ethyl adjacent to an activating group) is 2. The highest BCUT2D eigenvalue weighted by Gasteiger charge is 2.29. The van der Waals surface area contributed by atoms with Gasteiger partial charge in [-0.15, -0.1) is 0 Å². The Labute approximate surface area is 268 Å². The summed E-state index contributed by atoms with van der Waals surface area (Å²) in [6.45, 7) is 4.56. The van der Waals surface area contributed by atoms with E-state index in [1.165, 1.54) is 0 Å². The molecule has 6 rings (SSSR count). The van der Waals surface area contributed by atoms with Crippen LogP contribution >= 0.6 is 11.6 Å². The van der Waals surface area contributed by atoms with Gasteiger partial charge in [0.2, 0.25) is 5.91 Å². The first-order chi connectivity index (χ1) is 21.8. The van der Waals surface area contributed by atoms with E-state index < -0.39 is 0 Å². The van der Waals surface area contributed by atoms with Crippen molar-refractivity contribution in [3.05, 3.63) is 119 Å². The Balaban J connectivity index is 1.24. The first-order valence-electron chi connectivity index (χ1n) is 15.0. The molecule has 0 unspecified atom stereocenters. The molecule has 1 fully saturated rings. The molecule has 0 spiro atoms. The number of hydrogen-bond donors (Lipinski definition) is 2. The molecule has 0 aliphatic carbocycles. The van der Waals surface area contributed by atoms with Crippen molar-refractivity contribution >= 4 is 51.7 Å². The molecule has 0 aromatic heterocycles. The second-order valence-corrected chi connectivity index (χ2v) is 11.8. The van der Waals surface area contributed by atoms with Gasteiger partial charge in [0, 0.05) is 55.2 Å². The largest absolute Gasteiger partial charge is 0.489 e.